The van der Waals surface area contributed by atoms with Crippen LogP contribution in [-0.4, -0.2) is 48.2 Å². The van der Waals surface area contributed by atoms with Crippen LogP contribution in [0.4, 0.5) is 0 Å². The molecule has 1 saturated heterocycles. The molecule has 1 aromatic rings. The number of hydrogen-bond acceptors (Lipinski definition) is 3. The summed E-state index contributed by atoms with van der Waals surface area (Å²) in [5, 5.41) is 13.2. The molecule has 1 aliphatic heterocycles. The van der Waals surface area contributed by atoms with Gasteiger partial charge in [-0.1, -0.05) is 27.5 Å². The van der Waals surface area contributed by atoms with E-state index >= 15 is 0 Å². The number of halogens is 2. The van der Waals surface area contributed by atoms with E-state index in [1.165, 1.54) is 0 Å². The third kappa shape index (κ3) is 2.69. The number of carbonyl (C=O) groups is 1. The van der Waals surface area contributed by atoms with E-state index in [2.05, 4.69) is 21.2 Å². The summed E-state index contributed by atoms with van der Waals surface area (Å²) in [7, 11) is 1.68. The minimum atomic E-state index is -0.534. The van der Waals surface area contributed by atoms with E-state index in [0.29, 0.717) is 23.7 Å². The van der Waals surface area contributed by atoms with Crippen molar-refractivity contribution in [1.82, 2.24) is 10.2 Å². The number of rotatable bonds is 2. The lowest BCUT2D eigenvalue weighted by Gasteiger charge is -2.26. The monoisotopic (exact) mass is 332 g/mol. The fourth-order valence-electron chi connectivity index (χ4n) is 2.05. The number of nitrogens with one attached hydrogen (secondary N) is 1. The van der Waals surface area contributed by atoms with Crippen LogP contribution in [0.25, 0.3) is 0 Å². The van der Waals surface area contributed by atoms with Gasteiger partial charge in [0.05, 0.1) is 22.7 Å². The molecule has 1 heterocycles. The molecule has 98 valence electrons. The van der Waals surface area contributed by atoms with Crippen molar-refractivity contribution in [3.05, 3.63) is 33.3 Å². The average molecular weight is 334 g/mol. The molecular formula is C12H14BrClN2O2. The topological polar surface area (TPSA) is 52.6 Å². The van der Waals surface area contributed by atoms with E-state index in [1.54, 1.807) is 30.1 Å². The van der Waals surface area contributed by atoms with Crippen molar-refractivity contribution < 1.29 is 9.90 Å². The zero-order valence-electron chi connectivity index (χ0n) is 9.86. The highest BCUT2D eigenvalue weighted by Gasteiger charge is 2.32. The quantitative estimate of drug-likeness (QED) is 0.862. The maximum atomic E-state index is 12.3. The lowest BCUT2D eigenvalue weighted by molar-refractivity contribution is 0.0581. The number of benzene rings is 1. The van der Waals surface area contributed by atoms with E-state index < -0.39 is 6.10 Å². The third-order valence-corrected chi connectivity index (χ3v) is 3.94. The van der Waals surface area contributed by atoms with E-state index in [1.807, 2.05) is 0 Å². The molecule has 1 aliphatic rings. The van der Waals surface area contributed by atoms with Crippen molar-refractivity contribution in [1.29, 1.82) is 0 Å². The Labute approximate surface area is 119 Å². The fraction of sp³-hybridized carbons (Fsp3) is 0.417. The first-order chi connectivity index (χ1) is 8.50. The second-order valence-electron chi connectivity index (χ2n) is 4.33. The summed E-state index contributed by atoms with van der Waals surface area (Å²) in [6.07, 6.45) is -0.534. The molecule has 0 aliphatic carbocycles. The van der Waals surface area contributed by atoms with Crippen molar-refractivity contribution in [2.24, 2.45) is 0 Å². The Kier molecular flexibility index (Phi) is 4.27. The van der Waals surface area contributed by atoms with E-state index in [-0.39, 0.29) is 11.9 Å². The van der Waals surface area contributed by atoms with Gasteiger partial charge in [0.2, 0.25) is 0 Å². The van der Waals surface area contributed by atoms with Gasteiger partial charge in [-0.05, 0) is 18.2 Å². The van der Waals surface area contributed by atoms with Crippen LogP contribution in [0, 0.1) is 0 Å². The molecule has 1 aromatic carbocycles. The van der Waals surface area contributed by atoms with Crippen molar-refractivity contribution >= 4 is 33.4 Å². The molecule has 0 bridgehead atoms. The van der Waals surface area contributed by atoms with Crippen molar-refractivity contribution in [3.8, 4) is 0 Å². The summed E-state index contributed by atoms with van der Waals surface area (Å²) >= 11 is 9.35. The Bertz CT molecular complexity index is 469. The number of likely N-dealkylation sites (N-methyl/N-ethyl adjacent to an activating group) is 1. The molecule has 18 heavy (non-hydrogen) atoms. The smallest absolute Gasteiger partial charge is 0.255 e. The van der Waals surface area contributed by atoms with Crippen LogP contribution in [0.1, 0.15) is 10.4 Å². The number of carbonyl (C=O) groups excluding carboxylic acids is 1. The summed E-state index contributed by atoms with van der Waals surface area (Å²) in [6.45, 7) is 1.11. The highest BCUT2D eigenvalue weighted by atomic mass is 79.9. The summed E-state index contributed by atoms with van der Waals surface area (Å²) in [4.78, 5) is 13.8. The molecule has 2 rings (SSSR count). The molecule has 0 radical (unpaired) electrons. The van der Waals surface area contributed by atoms with Gasteiger partial charge >= 0.3 is 0 Å². The van der Waals surface area contributed by atoms with Gasteiger partial charge in [-0.25, -0.2) is 0 Å². The molecule has 6 heteroatoms. The predicted octanol–water partition coefficient (Wildman–Crippen LogP) is 1.51. The van der Waals surface area contributed by atoms with Gasteiger partial charge in [0, 0.05) is 24.6 Å². The minimum Gasteiger partial charge on any atom is -0.390 e. The van der Waals surface area contributed by atoms with Gasteiger partial charge in [0.1, 0.15) is 0 Å². The Morgan fingerprint density at radius 1 is 1.56 bits per heavy atom. The fourth-order valence-corrected chi connectivity index (χ4v) is 2.80. The van der Waals surface area contributed by atoms with Crippen LogP contribution in [0.3, 0.4) is 0 Å². The zero-order chi connectivity index (χ0) is 13.3. The standard InChI is InChI=1S/C12H14BrClN2O2/c1-16(10-5-15-6-11(10)17)12(18)8-3-2-7(13)4-9(8)14/h2-4,10-11,15,17H,5-6H2,1H3/t10-,11-/m0/s1. The molecule has 4 nitrogen and oxygen atoms in total. The molecule has 1 fully saturated rings. The van der Waals surface area contributed by atoms with Crippen LogP contribution in [0.5, 0.6) is 0 Å². The Balaban J connectivity index is 2.20. The number of hydrogen-bond donors (Lipinski definition) is 2. The summed E-state index contributed by atoms with van der Waals surface area (Å²) < 4.78 is 0.828. The maximum absolute atomic E-state index is 12.3. The van der Waals surface area contributed by atoms with E-state index in [0.717, 1.165) is 4.47 Å². The average Bonchev–Trinajstić information content (AvgIpc) is 2.74. The molecule has 1 amide bonds. The first-order valence-corrected chi connectivity index (χ1v) is 6.79. The summed E-state index contributed by atoms with van der Waals surface area (Å²) in [5.74, 6) is -0.180. The highest BCUT2D eigenvalue weighted by Crippen LogP contribution is 2.23. The van der Waals surface area contributed by atoms with Gasteiger partial charge in [-0.2, -0.15) is 0 Å². The number of amides is 1. The highest BCUT2D eigenvalue weighted by molar-refractivity contribution is 9.10. The largest absolute Gasteiger partial charge is 0.390 e. The van der Waals surface area contributed by atoms with E-state index in [4.69, 9.17) is 11.6 Å². The number of β-amino-alcohol motifs (C(OH)–C–C–N with tert-alkyl or cyclic N) is 1. The van der Waals surface area contributed by atoms with Gasteiger partial charge in [-0.15, -0.1) is 0 Å². The Morgan fingerprint density at radius 2 is 2.28 bits per heavy atom. The van der Waals surface area contributed by atoms with Crippen LogP contribution in [0.2, 0.25) is 5.02 Å². The Morgan fingerprint density at radius 3 is 2.83 bits per heavy atom. The van der Waals surface area contributed by atoms with Crippen molar-refractivity contribution in [2.75, 3.05) is 20.1 Å². The number of aliphatic hydroxyl groups excluding tert-OH is 1. The first kappa shape index (κ1) is 13.8. The molecule has 2 N–H and O–H groups in total. The summed E-state index contributed by atoms with van der Waals surface area (Å²) in [5.41, 5.74) is 0.446. The van der Waals surface area contributed by atoms with Gasteiger partial charge in [-0.3, -0.25) is 4.79 Å². The lowest BCUT2D eigenvalue weighted by atomic mass is 10.1. The maximum Gasteiger partial charge on any atom is 0.255 e. The number of nitrogens with zero attached hydrogens (tertiary/aromatic N) is 1. The molecule has 0 aromatic heterocycles. The van der Waals surface area contributed by atoms with Crippen LogP contribution < -0.4 is 5.32 Å². The minimum absolute atomic E-state index is 0.180. The Hall–Kier alpha value is -0.620. The van der Waals surface area contributed by atoms with Gasteiger partial charge in [0.25, 0.3) is 5.91 Å². The second-order valence-corrected chi connectivity index (χ2v) is 5.66. The predicted molar refractivity (Wildman–Crippen MR) is 73.9 cm³/mol. The molecule has 0 spiro atoms. The molecule has 0 unspecified atom stereocenters. The van der Waals surface area contributed by atoms with Crippen molar-refractivity contribution in [3.63, 3.8) is 0 Å². The first-order valence-electron chi connectivity index (χ1n) is 5.61. The number of aliphatic hydroxyl groups is 1. The summed E-state index contributed by atoms with van der Waals surface area (Å²) in [6, 6.07) is 4.93. The zero-order valence-corrected chi connectivity index (χ0v) is 12.2. The van der Waals surface area contributed by atoms with E-state index in [9.17, 15) is 9.90 Å². The molecule has 2 atom stereocenters. The van der Waals surface area contributed by atoms with Gasteiger partial charge in [0.15, 0.2) is 0 Å². The molecular weight excluding hydrogens is 320 g/mol. The molecule has 0 saturated carbocycles. The second kappa shape index (κ2) is 5.57. The van der Waals surface area contributed by atoms with Crippen LogP contribution in [0.15, 0.2) is 22.7 Å². The lowest BCUT2D eigenvalue weighted by Crippen LogP contribution is -2.44. The normalized spacial score (nSPS) is 23.1. The third-order valence-electron chi connectivity index (χ3n) is 3.13. The van der Waals surface area contributed by atoms with Crippen molar-refractivity contribution in [2.45, 2.75) is 12.1 Å². The van der Waals surface area contributed by atoms with Gasteiger partial charge < -0.3 is 15.3 Å². The van der Waals surface area contributed by atoms with Crippen LogP contribution in [-0.2, 0) is 0 Å². The SMILES string of the molecule is CN(C(=O)c1ccc(Br)cc1Cl)[C@H]1CNC[C@@H]1O. The van der Waals surface area contributed by atoms with Crippen LogP contribution >= 0.6 is 27.5 Å².